The summed E-state index contributed by atoms with van der Waals surface area (Å²) in [4.78, 5) is 11.5. The van der Waals surface area contributed by atoms with Crippen LogP contribution in [-0.2, 0) is 21.9 Å². The second-order valence-corrected chi connectivity index (χ2v) is 7.88. The number of carboxylic acids is 1. The molecule has 7 nitrogen and oxygen atoms in total. The number of carboxylic acid groups (broad SMARTS) is 1. The molecule has 35 heavy (non-hydrogen) atoms. The van der Waals surface area contributed by atoms with Crippen molar-refractivity contribution < 1.29 is 45.7 Å². The number of benzene rings is 2. The van der Waals surface area contributed by atoms with Crippen LogP contribution < -0.4 is 4.74 Å². The highest BCUT2D eigenvalue weighted by molar-refractivity contribution is 6.30. The maximum absolute atomic E-state index is 13.8. The summed E-state index contributed by atoms with van der Waals surface area (Å²) in [6, 6.07) is 6.75. The van der Waals surface area contributed by atoms with Gasteiger partial charge in [-0.1, -0.05) is 23.7 Å². The minimum atomic E-state index is -5.00. The number of aromatic nitrogens is 3. The van der Waals surface area contributed by atoms with Crippen LogP contribution in [0.2, 0.25) is 5.02 Å². The zero-order valence-electron chi connectivity index (χ0n) is 17.5. The van der Waals surface area contributed by atoms with Crippen LogP contribution in [0, 0.1) is 0 Å². The summed E-state index contributed by atoms with van der Waals surface area (Å²) in [6.07, 6.45) is -13.8. The number of para-hydroxylation sites is 1. The minimum absolute atomic E-state index is 0.0446. The number of nitrogens with zero attached hydrogens (tertiary/aromatic N) is 3. The van der Waals surface area contributed by atoms with Crippen molar-refractivity contribution >= 4 is 17.6 Å². The van der Waals surface area contributed by atoms with Gasteiger partial charge < -0.3 is 14.6 Å². The second-order valence-electron chi connectivity index (χ2n) is 7.45. The number of alkyl halides is 6. The Hall–Kier alpha value is -3.32. The highest BCUT2D eigenvalue weighted by Crippen LogP contribution is 2.48. The Morgan fingerprint density at radius 3 is 2.43 bits per heavy atom. The van der Waals surface area contributed by atoms with E-state index in [2.05, 4.69) is 10.2 Å². The van der Waals surface area contributed by atoms with Crippen LogP contribution in [0.25, 0.3) is 5.69 Å². The van der Waals surface area contributed by atoms with Crippen LogP contribution in [0.1, 0.15) is 47.0 Å². The molecule has 0 spiro atoms. The lowest BCUT2D eigenvalue weighted by Crippen LogP contribution is -2.17. The van der Waals surface area contributed by atoms with Gasteiger partial charge in [-0.15, -0.1) is 10.2 Å². The standard InChI is InChI=1S/C21H14ClF6N3O4/c1-34-17-10(3-2-4-12(17)20(23,24)25)16-11-7-9(22)5-6-13(11)31-18(14(35-16)8-15(32)33)29-30-19(31)21(26,27)28/h2-7,14,16H,8H2,1H3,(H,32,33)/t14-,16-/m1/s1. The lowest BCUT2D eigenvalue weighted by molar-refractivity contribution is -0.146. The first kappa shape index (κ1) is 24.8. The number of rotatable bonds is 4. The maximum atomic E-state index is 13.8. The zero-order chi connectivity index (χ0) is 25.7. The van der Waals surface area contributed by atoms with Gasteiger partial charge in [0.05, 0.1) is 24.8 Å². The third kappa shape index (κ3) is 4.52. The van der Waals surface area contributed by atoms with E-state index in [1.54, 1.807) is 0 Å². The molecule has 0 saturated carbocycles. The zero-order valence-corrected chi connectivity index (χ0v) is 18.2. The molecule has 2 atom stereocenters. The molecular formula is C21H14ClF6N3O4. The molecule has 0 bridgehead atoms. The van der Waals surface area contributed by atoms with Gasteiger partial charge in [-0.05, 0) is 24.3 Å². The smallest absolute Gasteiger partial charge is 0.452 e. The Labute approximate surface area is 197 Å². The van der Waals surface area contributed by atoms with Crippen LogP contribution in [0.3, 0.4) is 0 Å². The Kier molecular flexibility index (Phi) is 6.18. The van der Waals surface area contributed by atoms with Gasteiger partial charge in [0, 0.05) is 16.1 Å². The van der Waals surface area contributed by atoms with Crippen molar-refractivity contribution in [2.45, 2.75) is 31.0 Å². The van der Waals surface area contributed by atoms with E-state index in [0.29, 0.717) is 4.57 Å². The molecule has 2 aromatic carbocycles. The number of ether oxygens (including phenoxy) is 2. The number of aliphatic carboxylic acids is 1. The predicted octanol–water partition coefficient (Wildman–Crippen LogP) is 5.60. The number of halogens is 7. The largest absolute Gasteiger partial charge is 0.496 e. The molecule has 0 aliphatic carbocycles. The number of fused-ring (bicyclic) bond motifs is 3. The third-order valence-corrected chi connectivity index (χ3v) is 5.48. The Bertz CT molecular complexity index is 1290. The molecule has 0 amide bonds. The Balaban J connectivity index is 2.05. The van der Waals surface area contributed by atoms with Crippen molar-refractivity contribution in [3.05, 3.63) is 69.8 Å². The molecule has 186 valence electrons. The number of hydrogen-bond acceptors (Lipinski definition) is 5. The topological polar surface area (TPSA) is 86.5 Å². The van der Waals surface area contributed by atoms with Crippen LogP contribution in [0.4, 0.5) is 26.3 Å². The minimum Gasteiger partial charge on any atom is -0.496 e. The molecule has 0 radical (unpaired) electrons. The summed E-state index contributed by atoms with van der Waals surface area (Å²) in [6.45, 7) is 0. The van der Waals surface area contributed by atoms with E-state index in [1.807, 2.05) is 0 Å². The van der Waals surface area contributed by atoms with Crippen LogP contribution in [-0.4, -0.2) is 33.0 Å². The molecule has 0 fully saturated rings. The summed E-state index contributed by atoms with van der Waals surface area (Å²) in [5.74, 6) is -4.04. The van der Waals surface area contributed by atoms with Crippen molar-refractivity contribution in [3.8, 4) is 11.4 Å². The third-order valence-electron chi connectivity index (χ3n) is 5.24. The predicted molar refractivity (Wildman–Crippen MR) is 107 cm³/mol. The average molecular weight is 522 g/mol. The maximum Gasteiger partial charge on any atom is 0.452 e. The fourth-order valence-electron chi connectivity index (χ4n) is 3.91. The van der Waals surface area contributed by atoms with E-state index in [0.717, 1.165) is 19.2 Å². The Morgan fingerprint density at radius 1 is 1.11 bits per heavy atom. The van der Waals surface area contributed by atoms with Gasteiger partial charge in [0.15, 0.2) is 5.82 Å². The molecule has 0 unspecified atom stereocenters. The van der Waals surface area contributed by atoms with Crippen molar-refractivity contribution in [2.75, 3.05) is 7.11 Å². The van der Waals surface area contributed by atoms with Gasteiger partial charge in [-0.3, -0.25) is 9.36 Å². The van der Waals surface area contributed by atoms with E-state index >= 15 is 0 Å². The van der Waals surface area contributed by atoms with E-state index in [4.69, 9.17) is 21.1 Å². The monoisotopic (exact) mass is 521 g/mol. The average Bonchev–Trinajstić information content (AvgIpc) is 3.16. The van der Waals surface area contributed by atoms with Gasteiger partial charge in [0.25, 0.3) is 0 Å². The summed E-state index contributed by atoms with van der Waals surface area (Å²) in [7, 11) is 0.995. The van der Waals surface area contributed by atoms with Gasteiger partial charge >= 0.3 is 18.3 Å². The normalized spacial score (nSPS) is 17.9. The number of hydrogen-bond donors (Lipinski definition) is 1. The van der Waals surface area contributed by atoms with Gasteiger partial charge in [-0.25, -0.2) is 0 Å². The van der Waals surface area contributed by atoms with Crippen molar-refractivity contribution in [2.24, 2.45) is 0 Å². The van der Waals surface area contributed by atoms with Crippen LogP contribution >= 0.6 is 11.6 Å². The molecule has 1 N–H and O–H groups in total. The van der Waals surface area contributed by atoms with E-state index in [-0.39, 0.29) is 21.8 Å². The molecule has 0 saturated heterocycles. The molecule has 1 aromatic heterocycles. The molecule has 2 heterocycles. The summed E-state index contributed by atoms with van der Waals surface area (Å²) in [5.41, 5.74) is -1.62. The van der Waals surface area contributed by atoms with Crippen molar-refractivity contribution in [1.82, 2.24) is 14.8 Å². The first-order valence-corrected chi connectivity index (χ1v) is 10.1. The summed E-state index contributed by atoms with van der Waals surface area (Å²) < 4.78 is 93.8. The summed E-state index contributed by atoms with van der Waals surface area (Å²) in [5, 5.41) is 16.1. The molecule has 4 rings (SSSR count). The fraction of sp³-hybridized carbons (Fsp3) is 0.286. The van der Waals surface area contributed by atoms with Crippen molar-refractivity contribution in [1.29, 1.82) is 0 Å². The van der Waals surface area contributed by atoms with Gasteiger partial charge in [-0.2, -0.15) is 26.3 Å². The molecule has 3 aromatic rings. The van der Waals surface area contributed by atoms with Gasteiger partial charge in [0.1, 0.15) is 18.0 Å². The quantitative estimate of drug-likeness (QED) is 0.450. The Morgan fingerprint density at radius 2 is 1.83 bits per heavy atom. The molecule has 1 aliphatic rings. The lowest BCUT2D eigenvalue weighted by Gasteiger charge is -2.25. The van der Waals surface area contributed by atoms with E-state index < -0.39 is 59.9 Å². The first-order chi connectivity index (χ1) is 16.3. The lowest BCUT2D eigenvalue weighted by atomic mass is 9.96. The fourth-order valence-corrected chi connectivity index (χ4v) is 4.10. The van der Waals surface area contributed by atoms with Crippen LogP contribution in [0.15, 0.2) is 36.4 Å². The molecule has 1 aliphatic heterocycles. The van der Waals surface area contributed by atoms with Crippen molar-refractivity contribution in [3.63, 3.8) is 0 Å². The molecule has 14 heteroatoms. The van der Waals surface area contributed by atoms with Crippen LogP contribution in [0.5, 0.6) is 5.75 Å². The highest BCUT2D eigenvalue weighted by atomic mass is 35.5. The molecular weight excluding hydrogens is 508 g/mol. The number of methoxy groups -OCH3 is 1. The van der Waals surface area contributed by atoms with Gasteiger partial charge in [0.2, 0.25) is 5.82 Å². The highest BCUT2D eigenvalue weighted by Gasteiger charge is 2.44. The van der Waals surface area contributed by atoms with E-state index in [9.17, 15) is 36.2 Å². The van der Waals surface area contributed by atoms with E-state index in [1.165, 1.54) is 24.3 Å². The number of carbonyl (C=O) groups is 1. The summed E-state index contributed by atoms with van der Waals surface area (Å²) >= 11 is 6.09. The SMILES string of the molecule is COc1c([C@H]2O[C@H](CC(=O)O)c3nnc(C(F)(F)F)n3-c3ccc(Cl)cc32)cccc1C(F)(F)F. The first-order valence-electron chi connectivity index (χ1n) is 9.76. The second kappa shape index (κ2) is 8.72.